The fourth-order valence-electron chi connectivity index (χ4n) is 3.16. The molecule has 140 valence electrons. The summed E-state index contributed by atoms with van der Waals surface area (Å²) < 4.78 is 31.8. The Morgan fingerprint density at radius 2 is 1.88 bits per heavy atom. The zero-order valence-corrected chi connectivity index (χ0v) is 15.1. The van der Waals surface area contributed by atoms with Gasteiger partial charge < -0.3 is 15.6 Å². The van der Waals surface area contributed by atoms with Gasteiger partial charge in [0.15, 0.2) is 5.69 Å². The minimum Gasteiger partial charge on any atom is -0.360 e. The Kier molecular flexibility index (Phi) is 5.75. The molecule has 0 aromatic carbocycles. The molecule has 2 aliphatic carbocycles. The molecule has 2 fully saturated rings. The summed E-state index contributed by atoms with van der Waals surface area (Å²) in [7, 11) is -3.27. The first-order valence-electron chi connectivity index (χ1n) is 8.94. The third-order valence-electron chi connectivity index (χ3n) is 4.77. The summed E-state index contributed by atoms with van der Waals surface area (Å²) in [4.78, 5) is 12.2. The molecule has 0 radical (unpaired) electrons. The molecule has 25 heavy (non-hydrogen) atoms. The highest BCUT2D eigenvalue weighted by Crippen LogP contribution is 2.40. The number of hydrogen-bond donors (Lipinski definition) is 3. The van der Waals surface area contributed by atoms with E-state index in [1.807, 2.05) is 0 Å². The predicted molar refractivity (Wildman–Crippen MR) is 92.6 cm³/mol. The van der Waals surface area contributed by atoms with E-state index in [1.165, 1.54) is 0 Å². The molecule has 1 amide bonds. The van der Waals surface area contributed by atoms with Gasteiger partial charge in [-0.1, -0.05) is 5.16 Å². The summed E-state index contributed by atoms with van der Waals surface area (Å²) in [5.74, 6) is 1.07. The SMILES string of the molecule is NCCCS(=O)(=O)NC1CCC(NC(=O)c2cc(C3CC3)on2)CC1. The Morgan fingerprint density at radius 1 is 1.20 bits per heavy atom. The average Bonchev–Trinajstić information content (AvgIpc) is 3.31. The number of aromatic nitrogens is 1. The lowest BCUT2D eigenvalue weighted by Gasteiger charge is -2.29. The largest absolute Gasteiger partial charge is 0.360 e. The highest BCUT2D eigenvalue weighted by molar-refractivity contribution is 7.89. The van der Waals surface area contributed by atoms with E-state index in [2.05, 4.69) is 15.2 Å². The van der Waals surface area contributed by atoms with Gasteiger partial charge in [-0.15, -0.1) is 0 Å². The van der Waals surface area contributed by atoms with Gasteiger partial charge in [0.1, 0.15) is 5.76 Å². The summed E-state index contributed by atoms with van der Waals surface area (Å²) >= 11 is 0. The van der Waals surface area contributed by atoms with Crippen LogP contribution in [0, 0.1) is 0 Å². The topological polar surface area (TPSA) is 127 Å². The van der Waals surface area contributed by atoms with Crippen molar-refractivity contribution in [3.8, 4) is 0 Å². The second-order valence-electron chi connectivity index (χ2n) is 6.99. The van der Waals surface area contributed by atoms with Gasteiger partial charge in [0.25, 0.3) is 5.91 Å². The summed E-state index contributed by atoms with van der Waals surface area (Å²) in [5.41, 5.74) is 5.68. The lowest BCUT2D eigenvalue weighted by molar-refractivity contribution is 0.0916. The van der Waals surface area contributed by atoms with Crippen LogP contribution in [-0.4, -0.2) is 43.9 Å². The third kappa shape index (κ3) is 5.26. The fourth-order valence-corrected chi connectivity index (χ4v) is 4.57. The van der Waals surface area contributed by atoms with Crippen molar-refractivity contribution in [2.45, 2.75) is 62.9 Å². The van der Waals surface area contributed by atoms with Gasteiger partial charge in [-0.3, -0.25) is 4.79 Å². The van der Waals surface area contributed by atoms with Gasteiger partial charge in [0, 0.05) is 24.1 Å². The van der Waals surface area contributed by atoms with Crippen LogP contribution < -0.4 is 15.8 Å². The quantitative estimate of drug-likeness (QED) is 0.623. The van der Waals surface area contributed by atoms with Crippen molar-refractivity contribution in [1.29, 1.82) is 0 Å². The van der Waals surface area contributed by atoms with Gasteiger partial charge in [0.05, 0.1) is 5.75 Å². The van der Waals surface area contributed by atoms with Gasteiger partial charge in [-0.05, 0) is 51.5 Å². The standard InChI is InChI=1S/C16H26N4O4S/c17-8-1-9-25(22,23)20-13-6-4-12(5-7-13)18-16(21)14-10-15(24-19-14)11-2-3-11/h10-13,20H,1-9,17H2,(H,18,21). The van der Waals surface area contributed by atoms with E-state index in [1.54, 1.807) is 6.07 Å². The highest BCUT2D eigenvalue weighted by atomic mass is 32.2. The zero-order chi connectivity index (χ0) is 17.9. The molecule has 8 nitrogen and oxygen atoms in total. The number of carbonyl (C=O) groups excluding carboxylic acids is 1. The van der Waals surface area contributed by atoms with Crippen LogP contribution in [0.5, 0.6) is 0 Å². The number of nitrogens with two attached hydrogens (primary N) is 1. The minimum absolute atomic E-state index is 0.0402. The van der Waals surface area contributed by atoms with Crippen molar-refractivity contribution in [2.75, 3.05) is 12.3 Å². The van der Waals surface area contributed by atoms with Crippen molar-refractivity contribution in [1.82, 2.24) is 15.2 Å². The number of rotatable bonds is 8. The van der Waals surface area contributed by atoms with Crippen LogP contribution in [0.3, 0.4) is 0 Å². The monoisotopic (exact) mass is 370 g/mol. The van der Waals surface area contributed by atoms with E-state index in [-0.39, 0.29) is 23.7 Å². The molecule has 1 heterocycles. The normalized spacial score (nSPS) is 24.2. The molecule has 0 aliphatic heterocycles. The van der Waals surface area contributed by atoms with E-state index >= 15 is 0 Å². The summed E-state index contributed by atoms with van der Waals surface area (Å²) in [6.07, 6.45) is 5.55. The number of amides is 1. The molecule has 0 bridgehead atoms. The Labute approximate surface area is 147 Å². The van der Waals surface area contributed by atoms with Gasteiger partial charge >= 0.3 is 0 Å². The van der Waals surface area contributed by atoms with Crippen LogP contribution in [0.4, 0.5) is 0 Å². The number of carbonyl (C=O) groups is 1. The average molecular weight is 370 g/mol. The number of hydrogen-bond acceptors (Lipinski definition) is 6. The third-order valence-corrected chi connectivity index (χ3v) is 6.29. The second-order valence-corrected chi connectivity index (χ2v) is 8.86. The van der Waals surface area contributed by atoms with Crippen LogP contribution >= 0.6 is 0 Å². The molecule has 0 saturated heterocycles. The maximum atomic E-state index is 12.2. The Morgan fingerprint density at radius 3 is 2.52 bits per heavy atom. The molecule has 0 atom stereocenters. The zero-order valence-electron chi connectivity index (χ0n) is 14.2. The molecule has 1 aromatic heterocycles. The van der Waals surface area contributed by atoms with E-state index in [0.717, 1.165) is 31.4 Å². The molecule has 0 unspecified atom stereocenters. The molecular formula is C16H26N4O4S. The molecule has 4 N–H and O–H groups in total. The van der Waals surface area contributed by atoms with Crippen molar-refractivity contribution >= 4 is 15.9 Å². The predicted octanol–water partition coefficient (Wildman–Crippen LogP) is 0.861. The highest BCUT2D eigenvalue weighted by Gasteiger charge is 2.30. The van der Waals surface area contributed by atoms with E-state index in [9.17, 15) is 13.2 Å². The Balaban J connectivity index is 1.43. The smallest absolute Gasteiger partial charge is 0.273 e. The van der Waals surface area contributed by atoms with E-state index < -0.39 is 10.0 Å². The maximum absolute atomic E-state index is 12.2. The Bertz CT molecular complexity index is 691. The fraction of sp³-hybridized carbons (Fsp3) is 0.750. The minimum atomic E-state index is -3.27. The molecule has 2 saturated carbocycles. The molecule has 0 spiro atoms. The molecule has 3 rings (SSSR count). The van der Waals surface area contributed by atoms with E-state index in [4.69, 9.17) is 10.3 Å². The van der Waals surface area contributed by atoms with Crippen LogP contribution in [0.15, 0.2) is 10.6 Å². The van der Waals surface area contributed by atoms with Crippen LogP contribution in [0.25, 0.3) is 0 Å². The van der Waals surface area contributed by atoms with Crippen molar-refractivity contribution < 1.29 is 17.7 Å². The molecular weight excluding hydrogens is 344 g/mol. The van der Waals surface area contributed by atoms with Gasteiger partial charge in [-0.25, -0.2) is 13.1 Å². The van der Waals surface area contributed by atoms with Crippen molar-refractivity contribution in [3.05, 3.63) is 17.5 Å². The van der Waals surface area contributed by atoms with Crippen LogP contribution in [0.2, 0.25) is 0 Å². The summed E-state index contributed by atoms with van der Waals surface area (Å²) in [6, 6.07) is 1.70. The number of nitrogens with one attached hydrogen (secondary N) is 2. The first-order valence-corrected chi connectivity index (χ1v) is 10.6. The second kappa shape index (κ2) is 7.84. The first kappa shape index (κ1) is 18.3. The van der Waals surface area contributed by atoms with Crippen molar-refractivity contribution in [3.63, 3.8) is 0 Å². The van der Waals surface area contributed by atoms with Gasteiger partial charge in [-0.2, -0.15) is 0 Å². The lowest BCUT2D eigenvalue weighted by Crippen LogP contribution is -2.44. The molecule has 1 aromatic rings. The summed E-state index contributed by atoms with van der Waals surface area (Å²) in [6.45, 7) is 0.365. The first-order chi connectivity index (χ1) is 12.0. The number of sulfonamides is 1. The summed E-state index contributed by atoms with van der Waals surface area (Å²) in [5, 5.41) is 6.82. The molecule has 2 aliphatic rings. The van der Waals surface area contributed by atoms with Crippen LogP contribution in [-0.2, 0) is 10.0 Å². The van der Waals surface area contributed by atoms with Gasteiger partial charge in [0.2, 0.25) is 10.0 Å². The molecule has 9 heteroatoms. The van der Waals surface area contributed by atoms with E-state index in [0.29, 0.717) is 37.4 Å². The maximum Gasteiger partial charge on any atom is 0.273 e. The lowest BCUT2D eigenvalue weighted by atomic mass is 9.92. The number of nitrogens with zero attached hydrogens (tertiary/aromatic N) is 1. The van der Waals surface area contributed by atoms with Crippen LogP contribution in [0.1, 0.15) is 67.1 Å². The van der Waals surface area contributed by atoms with Crippen molar-refractivity contribution in [2.24, 2.45) is 5.73 Å². The Hall–Kier alpha value is -1.45.